The number of ether oxygens (including phenoxy) is 1. The maximum atomic E-state index is 14.5. The van der Waals surface area contributed by atoms with Crippen molar-refractivity contribution in [1.82, 2.24) is 9.88 Å². The van der Waals surface area contributed by atoms with Gasteiger partial charge in [0.1, 0.15) is 16.4 Å². The largest absolute Gasteiger partial charge is 0.444 e. The molecule has 0 aliphatic heterocycles. The molecule has 0 unspecified atom stereocenters. The summed E-state index contributed by atoms with van der Waals surface area (Å²) in [6, 6.07) is 16.5. The van der Waals surface area contributed by atoms with E-state index in [9.17, 15) is 9.18 Å². The minimum absolute atomic E-state index is 0.288. The predicted octanol–water partition coefficient (Wildman–Crippen LogP) is 6.47. The van der Waals surface area contributed by atoms with Crippen molar-refractivity contribution in [2.24, 2.45) is 0 Å². The van der Waals surface area contributed by atoms with Gasteiger partial charge < -0.3 is 9.64 Å². The molecule has 0 saturated carbocycles. The van der Waals surface area contributed by atoms with Crippen LogP contribution in [0.15, 0.2) is 63.7 Å². The summed E-state index contributed by atoms with van der Waals surface area (Å²) in [5.74, 6) is -0.320. The van der Waals surface area contributed by atoms with Gasteiger partial charge in [0.05, 0.1) is 16.4 Å². The highest BCUT2D eigenvalue weighted by atomic mass is 32.2. The van der Waals surface area contributed by atoms with Crippen LogP contribution < -0.4 is 0 Å². The Hall–Kier alpha value is -2.38. The number of aromatic nitrogens is 1. The van der Waals surface area contributed by atoms with Gasteiger partial charge in [0.2, 0.25) is 0 Å². The summed E-state index contributed by atoms with van der Waals surface area (Å²) in [5, 5.41) is 0.718. The van der Waals surface area contributed by atoms with Gasteiger partial charge in [0, 0.05) is 17.5 Å². The fourth-order valence-electron chi connectivity index (χ4n) is 2.51. The topological polar surface area (TPSA) is 42.4 Å². The zero-order valence-corrected chi connectivity index (χ0v) is 18.4. The van der Waals surface area contributed by atoms with Crippen LogP contribution in [0.5, 0.6) is 0 Å². The summed E-state index contributed by atoms with van der Waals surface area (Å²) in [6.45, 7) is 5.77. The smallest absolute Gasteiger partial charge is 0.410 e. The Kier molecular flexibility index (Phi) is 6.59. The molecule has 1 heterocycles. The summed E-state index contributed by atoms with van der Waals surface area (Å²) >= 11 is 3.00. The molecule has 0 aliphatic rings. The van der Waals surface area contributed by atoms with Crippen molar-refractivity contribution in [3.8, 4) is 11.3 Å². The monoisotopic (exact) mass is 430 g/mol. The van der Waals surface area contributed by atoms with E-state index >= 15 is 0 Å². The normalized spacial score (nSPS) is 11.3. The van der Waals surface area contributed by atoms with E-state index in [4.69, 9.17) is 4.74 Å². The minimum atomic E-state index is -0.569. The lowest BCUT2D eigenvalue weighted by molar-refractivity contribution is 0.0285. The van der Waals surface area contributed by atoms with E-state index in [1.807, 2.05) is 51.1 Å². The molecule has 0 saturated heterocycles. The number of halogens is 1. The number of carbonyl (C=O) groups is 1. The lowest BCUT2D eigenvalue weighted by Crippen LogP contribution is -2.33. The van der Waals surface area contributed by atoms with E-state index in [1.165, 1.54) is 34.1 Å². The first-order chi connectivity index (χ1) is 13.7. The van der Waals surface area contributed by atoms with E-state index in [-0.39, 0.29) is 12.4 Å². The van der Waals surface area contributed by atoms with E-state index in [0.29, 0.717) is 11.3 Å². The Morgan fingerprint density at radius 1 is 1.14 bits per heavy atom. The Labute approximate surface area is 178 Å². The average Bonchev–Trinajstić information content (AvgIpc) is 3.03. The van der Waals surface area contributed by atoms with Gasteiger partial charge in [-0.25, -0.2) is 14.2 Å². The molecule has 3 rings (SSSR count). The average molecular weight is 431 g/mol. The summed E-state index contributed by atoms with van der Waals surface area (Å²) in [5.41, 5.74) is 0.476. The summed E-state index contributed by atoms with van der Waals surface area (Å²) in [7, 11) is 1.67. The van der Waals surface area contributed by atoms with Gasteiger partial charge in [-0.05, 0) is 45.0 Å². The zero-order valence-electron chi connectivity index (χ0n) is 16.8. The standard InChI is InChI=1S/C22H23FN2O2S2/c1-22(2,3)27-21(26)25(4)14-18-24-19(16-12-8-9-13-17(16)23)20(29-18)28-15-10-6-5-7-11-15/h5-13H,14H2,1-4H3. The van der Waals surface area contributed by atoms with Crippen molar-refractivity contribution < 1.29 is 13.9 Å². The second-order valence-electron chi connectivity index (χ2n) is 7.48. The lowest BCUT2D eigenvalue weighted by atomic mass is 10.1. The van der Waals surface area contributed by atoms with Crippen LogP contribution in [0.4, 0.5) is 9.18 Å². The van der Waals surface area contributed by atoms with Gasteiger partial charge in [0.25, 0.3) is 0 Å². The third kappa shape index (κ3) is 5.81. The van der Waals surface area contributed by atoms with Crippen molar-refractivity contribution in [3.05, 3.63) is 65.4 Å². The quantitative estimate of drug-likeness (QED) is 0.465. The van der Waals surface area contributed by atoms with Gasteiger partial charge in [-0.3, -0.25) is 0 Å². The maximum absolute atomic E-state index is 14.5. The highest BCUT2D eigenvalue weighted by molar-refractivity contribution is 8.01. The van der Waals surface area contributed by atoms with Crippen LogP contribution in [0.2, 0.25) is 0 Å². The number of carbonyl (C=O) groups excluding carboxylic acids is 1. The first kappa shape index (κ1) is 21.3. The molecule has 7 heteroatoms. The van der Waals surface area contributed by atoms with Crippen LogP contribution in [0, 0.1) is 5.82 Å². The van der Waals surface area contributed by atoms with Crippen molar-refractivity contribution in [2.45, 2.75) is 42.0 Å². The van der Waals surface area contributed by atoms with Gasteiger partial charge in [-0.2, -0.15) is 0 Å². The summed E-state index contributed by atoms with van der Waals surface area (Å²) < 4.78 is 20.7. The third-order valence-corrected chi connectivity index (χ3v) is 6.02. The molecule has 0 N–H and O–H groups in total. The first-order valence-electron chi connectivity index (χ1n) is 9.14. The second-order valence-corrected chi connectivity index (χ2v) is 9.90. The first-order valence-corrected chi connectivity index (χ1v) is 10.8. The molecule has 0 bridgehead atoms. The number of nitrogens with zero attached hydrogens (tertiary/aromatic N) is 2. The number of thiazole rings is 1. The van der Waals surface area contributed by atoms with Crippen LogP contribution in [0.3, 0.4) is 0 Å². The highest BCUT2D eigenvalue weighted by Gasteiger charge is 2.22. The fourth-order valence-corrected chi connectivity index (χ4v) is 4.88. The van der Waals surface area contributed by atoms with Crippen molar-refractivity contribution in [2.75, 3.05) is 7.05 Å². The Bertz CT molecular complexity index is 984. The Morgan fingerprint density at radius 2 is 1.79 bits per heavy atom. The summed E-state index contributed by atoms with van der Waals surface area (Å²) in [4.78, 5) is 19.5. The van der Waals surface area contributed by atoms with Crippen LogP contribution in [-0.2, 0) is 11.3 Å². The molecule has 4 nitrogen and oxygen atoms in total. The number of amides is 1. The molecule has 0 aliphatic carbocycles. The predicted molar refractivity (Wildman–Crippen MR) is 116 cm³/mol. The van der Waals surface area contributed by atoms with E-state index in [0.717, 1.165) is 14.1 Å². The number of benzene rings is 2. The van der Waals surface area contributed by atoms with Crippen LogP contribution >= 0.6 is 23.1 Å². The molecule has 0 spiro atoms. The molecule has 29 heavy (non-hydrogen) atoms. The van der Waals surface area contributed by atoms with E-state index in [1.54, 1.807) is 25.2 Å². The third-order valence-electron chi connectivity index (χ3n) is 3.80. The van der Waals surface area contributed by atoms with Gasteiger partial charge >= 0.3 is 6.09 Å². The van der Waals surface area contributed by atoms with Crippen LogP contribution in [0.1, 0.15) is 25.8 Å². The highest BCUT2D eigenvalue weighted by Crippen LogP contribution is 2.41. The molecule has 3 aromatic rings. The molecule has 1 amide bonds. The molecule has 1 aromatic heterocycles. The SMILES string of the molecule is CN(Cc1nc(-c2ccccc2F)c(Sc2ccccc2)s1)C(=O)OC(C)(C)C. The van der Waals surface area contributed by atoms with Crippen molar-refractivity contribution in [1.29, 1.82) is 0 Å². The number of rotatable bonds is 5. The molecule has 2 aromatic carbocycles. The van der Waals surface area contributed by atoms with Crippen LogP contribution in [-0.4, -0.2) is 28.6 Å². The fraction of sp³-hybridized carbons (Fsp3) is 0.273. The zero-order chi connectivity index (χ0) is 21.0. The Morgan fingerprint density at radius 3 is 2.45 bits per heavy atom. The molecule has 0 atom stereocenters. The van der Waals surface area contributed by atoms with Crippen LogP contribution in [0.25, 0.3) is 11.3 Å². The van der Waals surface area contributed by atoms with Crippen molar-refractivity contribution >= 4 is 29.2 Å². The second kappa shape index (κ2) is 8.97. The number of hydrogen-bond donors (Lipinski definition) is 0. The van der Waals surface area contributed by atoms with Gasteiger partial charge in [-0.1, -0.05) is 42.1 Å². The minimum Gasteiger partial charge on any atom is -0.444 e. The summed E-state index contributed by atoms with van der Waals surface area (Å²) in [6.07, 6.45) is -0.419. The Balaban J connectivity index is 1.90. The molecule has 0 fully saturated rings. The van der Waals surface area contributed by atoms with Crippen molar-refractivity contribution in [3.63, 3.8) is 0 Å². The number of hydrogen-bond acceptors (Lipinski definition) is 5. The maximum Gasteiger partial charge on any atom is 0.410 e. The van der Waals surface area contributed by atoms with E-state index in [2.05, 4.69) is 4.98 Å². The molecule has 0 radical (unpaired) electrons. The molecular weight excluding hydrogens is 407 g/mol. The molecular formula is C22H23FN2O2S2. The lowest BCUT2D eigenvalue weighted by Gasteiger charge is -2.24. The van der Waals surface area contributed by atoms with Gasteiger partial charge in [0.15, 0.2) is 0 Å². The molecule has 152 valence electrons. The van der Waals surface area contributed by atoms with Gasteiger partial charge in [-0.15, -0.1) is 11.3 Å². The van der Waals surface area contributed by atoms with E-state index < -0.39 is 11.7 Å².